The minimum Gasteiger partial charge on any atom is -0.396 e. The van der Waals surface area contributed by atoms with E-state index in [0.29, 0.717) is 23.6 Å². The van der Waals surface area contributed by atoms with Crippen LogP contribution in [0.4, 0.5) is 18.9 Å². The van der Waals surface area contributed by atoms with Gasteiger partial charge < -0.3 is 9.74 Å². The average molecular weight is 467 g/mol. The number of rotatable bonds is 7. The lowest BCUT2D eigenvalue weighted by Gasteiger charge is -2.61. The molecule has 1 aromatic carbocycles. The smallest absolute Gasteiger partial charge is 0.159 e. The van der Waals surface area contributed by atoms with Gasteiger partial charge in [-0.1, -0.05) is 11.2 Å². The Labute approximate surface area is 195 Å². The Kier molecular flexibility index (Phi) is 5.95. The molecule has 0 saturated carbocycles. The molecular weight excluding hydrogens is 443 g/mol. The van der Waals surface area contributed by atoms with Crippen molar-refractivity contribution in [3.8, 4) is 0 Å². The van der Waals surface area contributed by atoms with Crippen LogP contribution in [-0.4, -0.2) is 53.4 Å². The van der Waals surface area contributed by atoms with Crippen molar-refractivity contribution in [1.82, 2.24) is 14.9 Å². The number of oxime groups is 1. The summed E-state index contributed by atoms with van der Waals surface area (Å²) < 4.78 is 40.5. The van der Waals surface area contributed by atoms with Crippen LogP contribution < -0.4 is 4.90 Å². The van der Waals surface area contributed by atoms with Crippen LogP contribution in [0.15, 0.2) is 60.1 Å². The summed E-state index contributed by atoms with van der Waals surface area (Å²) in [5.74, 6) is -2.19. The monoisotopic (exact) mass is 467 g/mol. The van der Waals surface area contributed by atoms with Crippen LogP contribution in [0.2, 0.25) is 0 Å². The highest BCUT2D eigenvalue weighted by atomic mass is 19.2. The predicted octanol–water partition coefficient (Wildman–Crippen LogP) is 4.01. The highest BCUT2D eigenvalue weighted by Gasteiger charge is 2.51. The lowest BCUT2D eigenvalue weighted by molar-refractivity contribution is -0.0274. The molecule has 34 heavy (non-hydrogen) atoms. The summed E-state index contributed by atoms with van der Waals surface area (Å²) in [4.78, 5) is 18.1. The van der Waals surface area contributed by atoms with E-state index in [1.54, 1.807) is 19.3 Å². The molecule has 0 atom stereocenters. The second kappa shape index (κ2) is 9.06. The molecule has 0 N–H and O–H groups in total. The van der Waals surface area contributed by atoms with Gasteiger partial charge in [-0.05, 0) is 36.8 Å². The Morgan fingerprint density at radius 2 is 1.82 bits per heavy atom. The summed E-state index contributed by atoms with van der Waals surface area (Å²) in [7, 11) is 0. The first-order chi connectivity index (χ1) is 16.4. The standard InChI is InChI=1S/C25H24F3N5O/c1-2-34-31-24(18-4-5-21(27)22(28)7-18)23-6-3-17(9-30-23)12-32-13-25(14-32)15-33(16-25)20-8-19(26)10-29-11-20/h3-11H,2,12-16H2,1H3. The number of halogens is 3. The minimum absolute atomic E-state index is 0.254. The fraction of sp³-hybridized carbons (Fsp3) is 0.320. The van der Waals surface area contributed by atoms with Crippen LogP contribution in [0, 0.1) is 22.9 Å². The Balaban J connectivity index is 1.20. The molecule has 3 aromatic rings. The van der Waals surface area contributed by atoms with Gasteiger partial charge in [0.25, 0.3) is 0 Å². The van der Waals surface area contributed by atoms with Gasteiger partial charge >= 0.3 is 0 Å². The minimum atomic E-state index is -0.951. The lowest BCUT2D eigenvalue weighted by Crippen LogP contribution is -2.72. The van der Waals surface area contributed by atoms with Crippen molar-refractivity contribution < 1.29 is 18.0 Å². The maximum absolute atomic E-state index is 13.7. The molecule has 0 aliphatic carbocycles. The highest BCUT2D eigenvalue weighted by molar-refractivity contribution is 6.11. The Bertz CT molecular complexity index is 1200. The molecule has 0 amide bonds. The summed E-state index contributed by atoms with van der Waals surface area (Å²) in [6.07, 6.45) is 4.68. The SMILES string of the molecule is CCON=C(c1ccc(F)c(F)c1)c1ccc(CN2CC3(C2)CN(c2cncc(F)c2)C3)cn1. The van der Waals surface area contributed by atoms with Gasteiger partial charge in [0.1, 0.15) is 18.1 Å². The second-order valence-electron chi connectivity index (χ2n) is 8.90. The first-order valence-electron chi connectivity index (χ1n) is 11.1. The summed E-state index contributed by atoms with van der Waals surface area (Å²) in [6, 6.07) is 8.89. The zero-order valence-electron chi connectivity index (χ0n) is 18.7. The van der Waals surface area contributed by atoms with Gasteiger partial charge in [-0.2, -0.15) is 0 Å². The van der Waals surface area contributed by atoms with Crippen LogP contribution in [-0.2, 0) is 11.4 Å². The molecule has 2 aliphatic rings. The van der Waals surface area contributed by atoms with Gasteiger partial charge in [-0.15, -0.1) is 0 Å². The molecule has 5 rings (SSSR count). The van der Waals surface area contributed by atoms with E-state index in [9.17, 15) is 13.2 Å². The van der Waals surface area contributed by atoms with E-state index >= 15 is 0 Å². The first-order valence-corrected chi connectivity index (χ1v) is 11.1. The van der Waals surface area contributed by atoms with Crippen LogP contribution >= 0.6 is 0 Å². The van der Waals surface area contributed by atoms with Crippen LogP contribution in [0.25, 0.3) is 0 Å². The van der Waals surface area contributed by atoms with Crippen molar-refractivity contribution in [1.29, 1.82) is 0 Å². The summed E-state index contributed by atoms with van der Waals surface area (Å²) in [6.45, 7) is 6.64. The average Bonchev–Trinajstić information content (AvgIpc) is 2.78. The number of benzene rings is 1. The van der Waals surface area contributed by atoms with E-state index < -0.39 is 11.6 Å². The van der Waals surface area contributed by atoms with Gasteiger partial charge in [-0.3, -0.25) is 14.9 Å². The van der Waals surface area contributed by atoms with Crippen molar-refractivity contribution >= 4 is 11.4 Å². The van der Waals surface area contributed by atoms with E-state index in [0.717, 1.165) is 56.1 Å². The van der Waals surface area contributed by atoms with E-state index in [-0.39, 0.29) is 11.2 Å². The lowest BCUT2D eigenvalue weighted by atomic mass is 9.72. The van der Waals surface area contributed by atoms with E-state index in [1.807, 2.05) is 12.1 Å². The number of hydrogen-bond donors (Lipinski definition) is 0. The fourth-order valence-electron chi connectivity index (χ4n) is 4.67. The molecule has 9 heteroatoms. The number of pyridine rings is 2. The van der Waals surface area contributed by atoms with Crippen molar-refractivity contribution in [3.63, 3.8) is 0 Å². The van der Waals surface area contributed by atoms with Crippen molar-refractivity contribution in [3.05, 3.63) is 89.3 Å². The largest absolute Gasteiger partial charge is 0.396 e. The summed E-state index contributed by atoms with van der Waals surface area (Å²) in [5, 5.41) is 4.07. The highest BCUT2D eigenvalue weighted by Crippen LogP contribution is 2.42. The van der Waals surface area contributed by atoms with Gasteiger partial charge in [0.2, 0.25) is 0 Å². The Morgan fingerprint density at radius 1 is 1.00 bits per heavy atom. The van der Waals surface area contributed by atoms with Gasteiger partial charge in [-0.25, -0.2) is 13.2 Å². The van der Waals surface area contributed by atoms with Gasteiger partial charge in [0.05, 0.1) is 23.8 Å². The van der Waals surface area contributed by atoms with E-state index in [2.05, 4.69) is 24.9 Å². The zero-order valence-corrected chi connectivity index (χ0v) is 18.7. The molecule has 2 saturated heterocycles. The van der Waals surface area contributed by atoms with E-state index in [4.69, 9.17) is 4.84 Å². The Hall–Kier alpha value is -3.46. The molecule has 2 aliphatic heterocycles. The van der Waals surface area contributed by atoms with Crippen LogP contribution in [0.3, 0.4) is 0 Å². The molecule has 0 radical (unpaired) electrons. The van der Waals surface area contributed by atoms with Gasteiger partial charge in [0.15, 0.2) is 11.6 Å². The summed E-state index contributed by atoms with van der Waals surface area (Å²) in [5.41, 5.74) is 3.38. The predicted molar refractivity (Wildman–Crippen MR) is 122 cm³/mol. The van der Waals surface area contributed by atoms with Crippen LogP contribution in [0.5, 0.6) is 0 Å². The number of aromatic nitrogens is 2. The fourth-order valence-corrected chi connectivity index (χ4v) is 4.67. The molecule has 4 heterocycles. The van der Waals surface area contributed by atoms with E-state index in [1.165, 1.54) is 18.3 Å². The van der Waals surface area contributed by atoms with Crippen molar-refractivity contribution in [2.75, 3.05) is 37.7 Å². The van der Waals surface area contributed by atoms with Gasteiger partial charge in [0, 0.05) is 56.0 Å². The Morgan fingerprint density at radius 3 is 2.50 bits per heavy atom. The topological polar surface area (TPSA) is 53.9 Å². The third-order valence-electron chi connectivity index (χ3n) is 6.18. The molecule has 2 aromatic heterocycles. The van der Waals surface area contributed by atoms with Crippen LogP contribution in [0.1, 0.15) is 23.7 Å². The molecule has 0 bridgehead atoms. The third kappa shape index (κ3) is 4.48. The summed E-state index contributed by atoms with van der Waals surface area (Å²) >= 11 is 0. The maximum Gasteiger partial charge on any atom is 0.159 e. The molecule has 2 fully saturated rings. The quantitative estimate of drug-likeness (QED) is 0.388. The van der Waals surface area contributed by atoms with Crippen molar-refractivity contribution in [2.24, 2.45) is 10.6 Å². The molecular formula is C25H24F3N5O. The number of nitrogens with zero attached hydrogens (tertiary/aromatic N) is 5. The zero-order chi connectivity index (χ0) is 23.7. The molecule has 6 nitrogen and oxygen atoms in total. The third-order valence-corrected chi connectivity index (χ3v) is 6.18. The normalized spacial score (nSPS) is 17.4. The maximum atomic E-state index is 13.7. The second-order valence-corrected chi connectivity index (χ2v) is 8.90. The molecule has 176 valence electrons. The molecule has 1 spiro atoms. The number of anilines is 1. The first kappa shape index (κ1) is 22.3. The molecule has 0 unspecified atom stereocenters. The van der Waals surface area contributed by atoms with Crippen molar-refractivity contribution in [2.45, 2.75) is 13.5 Å². The number of hydrogen-bond acceptors (Lipinski definition) is 6. The number of likely N-dealkylation sites (tertiary alicyclic amines) is 1.